The highest BCUT2D eigenvalue weighted by Crippen LogP contribution is 2.14. The lowest BCUT2D eigenvalue weighted by molar-refractivity contribution is 0.0939. The van der Waals surface area contributed by atoms with Crippen molar-refractivity contribution in [1.29, 1.82) is 0 Å². The topological polar surface area (TPSA) is 122 Å². The monoisotopic (exact) mass is 247 g/mol. The van der Waals surface area contributed by atoms with Gasteiger partial charge in [0, 0.05) is 0 Å². The van der Waals surface area contributed by atoms with Gasteiger partial charge in [-0.15, -0.1) is 10.2 Å². The van der Waals surface area contributed by atoms with Crippen molar-refractivity contribution < 1.29 is 4.79 Å². The molecule has 0 saturated carbocycles. The van der Waals surface area contributed by atoms with E-state index in [4.69, 9.17) is 5.84 Å². The van der Waals surface area contributed by atoms with Crippen molar-refractivity contribution in [2.24, 2.45) is 5.84 Å². The van der Waals surface area contributed by atoms with Crippen LogP contribution in [0.25, 0.3) is 0 Å². The maximum Gasteiger partial charge on any atom is 0.254 e. The molecule has 1 atom stereocenters. The highest BCUT2D eigenvalue weighted by Gasteiger charge is 2.16. The van der Waals surface area contributed by atoms with Gasteiger partial charge < -0.3 is 10.7 Å². The fourth-order valence-electron chi connectivity index (χ4n) is 1.50. The largest absolute Gasteiger partial charge is 0.342 e. The lowest BCUT2D eigenvalue weighted by Crippen LogP contribution is -2.28. The Hall–Kier alpha value is -2.48. The molecule has 0 spiro atoms. The summed E-state index contributed by atoms with van der Waals surface area (Å²) in [5.41, 5.74) is 3.48. The molecule has 0 saturated heterocycles. The van der Waals surface area contributed by atoms with Gasteiger partial charge in [-0.25, -0.2) is 0 Å². The van der Waals surface area contributed by atoms with Gasteiger partial charge in [0.25, 0.3) is 5.91 Å². The summed E-state index contributed by atoms with van der Waals surface area (Å²) in [6, 6.07) is 6.59. The van der Waals surface area contributed by atoms with E-state index in [1.165, 1.54) is 0 Å². The van der Waals surface area contributed by atoms with E-state index >= 15 is 0 Å². The Morgan fingerprint density at radius 2 is 2.22 bits per heavy atom. The number of hydrogen-bond acceptors (Lipinski definition) is 6. The number of nitrogen functional groups attached to an aromatic ring is 1. The smallest absolute Gasteiger partial charge is 0.254 e. The number of hydrogen-bond donors (Lipinski definition) is 4. The first kappa shape index (κ1) is 12.0. The molecule has 0 bridgehead atoms. The van der Waals surface area contributed by atoms with E-state index in [2.05, 4.69) is 31.4 Å². The first-order valence-electron chi connectivity index (χ1n) is 5.32. The molecule has 8 nitrogen and oxygen atoms in total. The highest BCUT2D eigenvalue weighted by atomic mass is 16.1. The van der Waals surface area contributed by atoms with Crippen LogP contribution in [-0.2, 0) is 0 Å². The molecule has 18 heavy (non-hydrogen) atoms. The molecule has 2 rings (SSSR count). The molecule has 1 aromatic carbocycles. The maximum absolute atomic E-state index is 12.0. The molecule has 2 aromatic rings. The number of nitrogens with one attached hydrogen (secondary N) is 3. The van der Waals surface area contributed by atoms with Gasteiger partial charge in [-0.05, 0) is 19.1 Å². The first-order chi connectivity index (χ1) is 8.72. The van der Waals surface area contributed by atoms with Crippen LogP contribution in [0, 0.1) is 0 Å². The summed E-state index contributed by atoms with van der Waals surface area (Å²) in [7, 11) is 0. The first-order valence-corrected chi connectivity index (χ1v) is 5.32. The average Bonchev–Trinajstić information content (AvgIpc) is 2.92. The van der Waals surface area contributed by atoms with Crippen molar-refractivity contribution in [2.75, 3.05) is 5.43 Å². The molecule has 1 amide bonds. The Bertz CT molecular complexity index is 525. The second kappa shape index (κ2) is 5.23. The normalized spacial score (nSPS) is 11.9. The van der Waals surface area contributed by atoms with Crippen LogP contribution in [-0.4, -0.2) is 26.5 Å². The number of anilines is 1. The van der Waals surface area contributed by atoms with Crippen molar-refractivity contribution in [1.82, 2.24) is 25.9 Å². The van der Waals surface area contributed by atoms with Gasteiger partial charge in [0.15, 0.2) is 5.82 Å². The van der Waals surface area contributed by atoms with Crippen LogP contribution in [0.15, 0.2) is 24.3 Å². The van der Waals surface area contributed by atoms with Crippen molar-refractivity contribution in [3.63, 3.8) is 0 Å². The second-order valence-corrected chi connectivity index (χ2v) is 3.66. The number of hydrazine groups is 1. The van der Waals surface area contributed by atoms with Gasteiger partial charge in [-0.1, -0.05) is 17.3 Å². The lowest BCUT2D eigenvalue weighted by Gasteiger charge is -2.12. The third-order valence-corrected chi connectivity index (χ3v) is 2.42. The van der Waals surface area contributed by atoms with E-state index in [0.717, 1.165) is 0 Å². The number of tetrazole rings is 1. The molecule has 1 aromatic heterocycles. The van der Waals surface area contributed by atoms with Gasteiger partial charge in [0.05, 0.1) is 17.3 Å². The van der Waals surface area contributed by atoms with E-state index in [9.17, 15) is 4.79 Å². The minimum absolute atomic E-state index is 0.263. The Morgan fingerprint density at radius 3 is 2.89 bits per heavy atom. The zero-order chi connectivity index (χ0) is 13.0. The Labute approximate surface area is 103 Å². The number of carbonyl (C=O) groups excluding carboxylic acids is 1. The van der Waals surface area contributed by atoms with Gasteiger partial charge >= 0.3 is 0 Å². The molecule has 0 aliphatic carbocycles. The summed E-state index contributed by atoms with van der Waals surface area (Å²) in [5.74, 6) is 5.50. The number of amides is 1. The van der Waals surface area contributed by atoms with Crippen LogP contribution < -0.4 is 16.6 Å². The number of nitrogens with zero attached hydrogens (tertiary/aromatic N) is 3. The predicted molar refractivity (Wildman–Crippen MR) is 64.3 cm³/mol. The molecule has 0 radical (unpaired) electrons. The van der Waals surface area contributed by atoms with Crippen molar-refractivity contribution >= 4 is 11.6 Å². The van der Waals surface area contributed by atoms with Crippen LogP contribution in [0.2, 0.25) is 0 Å². The van der Waals surface area contributed by atoms with Crippen molar-refractivity contribution in [3.8, 4) is 0 Å². The molecule has 1 heterocycles. The zero-order valence-corrected chi connectivity index (χ0v) is 9.71. The number of rotatable bonds is 4. The average molecular weight is 247 g/mol. The summed E-state index contributed by atoms with van der Waals surface area (Å²) < 4.78 is 0. The molecule has 0 aliphatic rings. The van der Waals surface area contributed by atoms with Crippen LogP contribution in [0.5, 0.6) is 0 Å². The molecule has 1 unspecified atom stereocenters. The molecular weight excluding hydrogens is 234 g/mol. The summed E-state index contributed by atoms with van der Waals surface area (Å²) in [4.78, 5) is 12.0. The number of nitrogens with two attached hydrogens (primary N) is 1. The molecule has 0 fully saturated rings. The number of para-hydroxylation sites is 1. The van der Waals surface area contributed by atoms with Crippen LogP contribution in [0.3, 0.4) is 0 Å². The number of aromatic nitrogens is 4. The number of H-pyrrole nitrogens is 1. The number of benzene rings is 1. The SMILES string of the molecule is CC(NC(=O)c1ccccc1NN)c1nn[nH]n1. The Balaban J connectivity index is 2.12. The molecule has 94 valence electrons. The fourth-order valence-corrected chi connectivity index (χ4v) is 1.50. The zero-order valence-electron chi connectivity index (χ0n) is 9.71. The fraction of sp³-hybridized carbons (Fsp3) is 0.200. The van der Waals surface area contributed by atoms with E-state index < -0.39 is 0 Å². The van der Waals surface area contributed by atoms with Crippen molar-refractivity contribution in [2.45, 2.75) is 13.0 Å². The molecule has 0 aliphatic heterocycles. The van der Waals surface area contributed by atoms with Crippen LogP contribution >= 0.6 is 0 Å². The summed E-state index contributed by atoms with van der Waals surface area (Å²) >= 11 is 0. The Morgan fingerprint density at radius 1 is 1.44 bits per heavy atom. The summed E-state index contributed by atoms with van der Waals surface area (Å²) in [5, 5.41) is 16.1. The molecular formula is C10H13N7O. The third kappa shape index (κ3) is 2.43. The third-order valence-electron chi connectivity index (χ3n) is 2.42. The molecule has 8 heteroatoms. The number of carbonyl (C=O) groups is 1. The van der Waals surface area contributed by atoms with E-state index in [1.54, 1.807) is 31.2 Å². The quantitative estimate of drug-likeness (QED) is 0.445. The van der Waals surface area contributed by atoms with Crippen LogP contribution in [0.4, 0.5) is 5.69 Å². The second-order valence-electron chi connectivity index (χ2n) is 3.66. The summed E-state index contributed by atoms with van der Waals surface area (Å²) in [6.07, 6.45) is 0. The highest BCUT2D eigenvalue weighted by molar-refractivity contribution is 5.99. The van der Waals surface area contributed by atoms with Crippen molar-refractivity contribution in [3.05, 3.63) is 35.7 Å². The maximum atomic E-state index is 12.0. The van der Waals surface area contributed by atoms with Gasteiger partial charge in [-0.2, -0.15) is 5.21 Å². The van der Waals surface area contributed by atoms with Crippen LogP contribution in [0.1, 0.15) is 29.1 Å². The number of aromatic amines is 1. The standard InChI is InChI=1S/C10H13N7O/c1-6(9-14-16-17-15-9)12-10(18)7-4-2-3-5-8(7)13-11/h2-6,13H,11H2,1H3,(H,12,18)(H,14,15,16,17). The van der Waals surface area contributed by atoms with E-state index in [0.29, 0.717) is 17.1 Å². The Kier molecular flexibility index (Phi) is 3.49. The van der Waals surface area contributed by atoms with E-state index in [1.807, 2.05) is 0 Å². The molecule has 5 N–H and O–H groups in total. The van der Waals surface area contributed by atoms with Gasteiger partial charge in [0.2, 0.25) is 0 Å². The van der Waals surface area contributed by atoms with E-state index in [-0.39, 0.29) is 11.9 Å². The minimum atomic E-state index is -0.345. The van der Waals surface area contributed by atoms with Gasteiger partial charge in [0.1, 0.15) is 0 Å². The van der Waals surface area contributed by atoms with Gasteiger partial charge in [-0.3, -0.25) is 10.6 Å². The predicted octanol–water partition coefficient (Wildman–Crippen LogP) is -0.0237. The minimum Gasteiger partial charge on any atom is -0.342 e. The lowest BCUT2D eigenvalue weighted by atomic mass is 10.1. The summed E-state index contributed by atoms with van der Waals surface area (Å²) in [6.45, 7) is 1.77.